The summed E-state index contributed by atoms with van der Waals surface area (Å²) in [7, 11) is 0. The van der Waals surface area contributed by atoms with E-state index in [2.05, 4.69) is 0 Å². The fourth-order valence-corrected chi connectivity index (χ4v) is 0.954. The third-order valence-corrected chi connectivity index (χ3v) is 1.66. The van der Waals surface area contributed by atoms with E-state index in [1.807, 2.05) is 0 Å². The second kappa shape index (κ2) is 3.85. The van der Waals surface area contributed by atoms with Crippen LogP contribution in [0.15, 0.2) is 6.07 Å². The van der Waals surface area contributed by atoms with Crippen LogP contribution in [0.2, 0.25) is 0 Å². The Morgan fingerprint density at radius 1 is 1.13 bits per heavy atom. The highest BCUT2D eigenvalue weighted by Gasteiger charge is 2.28. The molecule has 1 aromatic carbocycles. The molecule has 0 amide bonds. The van der Waals surface area contributed by atoms with Crippen LogP contribution in [0.1, 0.15) is 11.7 Å². The van der Waals surface area contributed by atoms with Crippen LogP contribution in [0.3, 0.4) is 0 Å². The van der Waals surface area contributed by atoms with Gasteiger partial charge in [-0.25, -0.2) is 22.4 Å². The molecule has 1 rings (SSSR count). The van der Waals surface area contributed by atoms with Crippen molar-refractivity contribution in [2.24, 2.45) is 0 Å². The maximum absolute atomic E-state index is 12.9. The minimum Gasteiger partial charge on any atom is -0.479 e. The van der Waals surface area contributed by atoms with E-state index in [1.54, 1.807) is 0 Å². The molecule has 0 aliphatic carbocycles. The van der Waals surface area contributed by atoms with Crippen LogP contribution in [0.25, 0.3) is 0 Å². The molecule has 0 saturated carbocycles. The fraction of sp³-hybridized carbons (Fsp3) is 0.125. The molecule has 2 N–H and O–H groups in total. The number of carbonyl (C=O) groups is 1. The van der Waals surface area contributed by atoms with Crippen LogP contribution in [-0.2, 0) is 4.79 Å². The number of aliphatic hydroxyl groups excluding tert-OH is 1. The maximum atomic E-state index is 12.9. The summed E-state index contributed by atoms with van der Waals surface area (Å²) in [5.41, 5.74) is -1.43. The molecule has 0 aliphatic heterocycles. The standard InChI is InChI=1S/C8H4F4O3/c9-2-1-3(10)5(11)6(12)4(2)7(13)8(14)15/h1,7,13H,(H,14,15). The van der Waals surface area contributed by atoms with Crippen molar-refractivity contribution in [1.82, 2.24) is 0 Å². The SMILES string of the molecule is O=C(O)C(O)c1c(F)cc(F)c(F)c1F. The van der Waals surface area contributed by atoms with Crippen LogP contribution in [0.5, 0.6) is 0 Å². The van der Waals surface area contributed by atoms with Gasteiger partial charge in [0.05, 0.1) is 5.56 Å². The smallest absolute Gasteiger partial charge is 0.337 e. The Kier molecular flexibility index (Phi) is 2.94. The predicted octanol–water partition coefficient (Wildman–Crippen LogP) is 1.36. The highest BCUT2D eigenvalue weighted by Crippen LogP contribution is 2.24. The first-order valence-electron chi connectivity index (χ1n) is 3.60. The summed E-state index contributed by atoms with van der Waals surface area (Å²) < 4.78 is 50.7. The van der Waals surface area contributed by atoms with Crippen molar-refractivity contribution in [3.05, 3.63) is 34.9 Å². The van der Waals surface area contributed by atoms with Crippen LogP contribution in [-0.4, -0.2) is 16.2 Å². The number of benzene rings is 1. The van der Waals surface area contributed by atoms with Crippen molar-refractivity contribution in [2.45, 2.75) is 6.10 Å². The van der Waals surface area contributed by atoms with Gasteiger partial charge in [-0.05, 0) is 0 Å². The van der Waals surface area contributed by atoms with Crippen LogP contribution in [0.4, 0.5) is 17.6 Å². The van der Waals surface area contributed by atoms with Gasteiger partial charge in [-0.15, -0.1) is 0 Å². The molecule has 0 spiro atoms. The van der Waals surface area contributed by atoms with Crippen molar-refractivity contribution in [3.8, 4) is 0 Å². The molecule has 1 unspecified atom stereocenters. The second-order valence-electron chi connectivity index (χ2n) is 2.62. The van der Waals surface area contributed by atoms with E-state index in [0.717, 1.165) is 0 Å². The summed E-state index contributed by atoms with van der Waals surface area (Å²) in [5.74, 6) is -9.53. The third-order valence-electron chi connectivity index (χ3n) is 1.66. The lowest BCUT2D eigenvalue weighted by Crippen LogP contribution is -2.16. The van der Waals surface area contributed by atoms with Crippen LogP contribution in [0, 0.1) is 23.3 Å². The lowest BCUT2D eigenvalue weighted by atomic mass is 10.1. The molecular formula is C8H4F4O3. The highest BCUT2D eigenvalue weighted by molar-refractivity contribution is 5.74. The van der Waals surface area contributed by atoms with Crippen molar-refractivity contribution in [1.29, 1.82) is 0 Å². The number of rotatable bonds is 2. The fourth-order valence-electron chi connectivity index (χ4n) is 0.954. The highest BCUT2D eigenvalue weighted by atomic mass is 19.2. The van der Waals surface area contributed by atoms with Crippen molar-refractivity contribution in [3.63, 3.8) is 0 Å². The zero-order valence-electron chi connectivity index (χ0n) is 6.97. The zero-order valence-corrected chi connectivity index (χ0v) is 6.97. The minimum atomic E-state index is -2.58. The lowest BCUT2D eigenvalue weighted by Gasteiger charge is -2.09. The summed E-state index contributed by atoms with van der Waals surface area (Å²) in [6.07, 6.45) is -2.58. The number of hydrogen-bond acceptors (Lipinski definition) is 2. The monoisotopic (exact) mass is 224 g/mol. The molecule has 0 heterocycles. The first-order valence-corrected chi connectivity index (χ1v) is 3.60. The van der Waals surface area contributed by atoms with E-state index in [0.29, 0.717) is 0 Å². The predicted molar refractivity (Wildman–Crippen MR) is 38.9 cm³/mol. The molecule has 0 saturated heterocycles. The number of aliphatic carboxylic acids is 1. The average molecular weight is 224 g/mol. The molecule has 0 fully saturated rings. The zero-order chi connectivity index (χ0) is 11.7. The molecule has 3 nitrogen and oxygen atoms in total. The second-order valence-corrected chi connectivity index (χ2v) is 2.62. The van der Waals surface area contributed by atoms with Gasteiger partial charge >= 0.3 is 5.97 Å². The van der Waals surface area contributed by atoms with Crippen molar-refractivity contribution < 1.29 is 32.6 Å². The number of carboxylic acids is 1. The van der Waals surface area contributed by atoms with Gasteiger partial charge in [-0.3, -0.25) is 0 Å². The lowest BCUT2D eigenvalue weighted by molar-refractivity contribution is -0.147. The summed E-state index contributed by atoms with van der Waals surface area (Å²) in [6, 6.07) is -0.0418. The number of halogens is 4. The number of aliphatic hydroxyl groups is 1. The first kappa shape index (κ1) is 11.4. The average Bonchev–Trinajstić information content (AvgIpc) is 2.14. The largest absolute Gasteiger partial charge is 0.479 e. The van der Waals surface area contributed by atoms with Gasteiger partial charge in [0.2, 0.25) is 0 Å². The molecule has 1 aromatic rings. The van der Waals surface area contributed by atoms with Crippen molar-refractivity contribution in [2.75, 3.05) is 0 Å². The van der Waals surface area contributed by atoms with E-state index >= 15 is 0 Å². The van der Waals surface area contributed by atoms with E-state index in [4.69, 9.17) is 10.2 Å². The quantitative estimate of drug-likeness (QED) is 0.453. The van der Waals surface area contributed by atoms with Gasteiger partial charge in [0.25, 0.3) is 0 Å². The van der Waals surface area contributed by atoms with Crippen molar-refractivity contribution >= 4 is 5.97 Å². The Morgan fingerprint density at radius 3 is 2.13 bits per heavy atom. The molecule has 82 valence electrons. The molecule has 0 aromatic heterocycles. The van der Waals surface area contributed by atoms with Crippen LogP contribution >= 0.6 is 0 Å². The summed E-state index contributed by atoms with van der Waals surface area (Å²) in [5, 5.41) is 17.1. The van der Waals surface area contributed by atoms with Gasteiger partial charge in [-0.2, -0.15) is 0 Å². The minimum absolute atomic E-state index is 0.0418. The van der Waals surface area contributed by atoms with Crippen LogP contribution < -0.4 is 0 Å². The maximum Gasteiger partial charge on any atom is 0.337 e. The number of hydrogen-bond donors (Lipinski definition) is 2. The summed E-state index contributed by atoms with van der Waals surface area (Å²) in [4.78, 5) is 10.2. The topological polar surface area (TPSA) is 57.5 Å². The van der Waals surface area contributed by atoms with Gasteiger partial charge < -0.3 is 10.2 Å². The Hall–Kier alpha value is -1.63. The van der Waals surface area contributed by atoms with Gasteiger partial charge in [0.1, 0.15) is 5.82 Å². The van der Waals surface area contributed by atoms with Gasteiger partial charge in [-0.1, -0.05) is 0 Å². The van der Waals surface area contributed by atoms with Gasteiger partial charge in [0, 0.05) is 6.07 Å². The molecule has 15 heavy (non-hydrogen) atoms. The van der Waals surface area contributed by atoms with E-state index < -0.39 is 40.9 Å². The molecule has 0 bridgehead atoms. The summed E-state index contributed by atoms with van der Waals surface area (Å²) >= 11 is 0. The summed E-state index contributed by atoms with van der Waals surface area (Å²) in [6.45, 7) is 0. The molecular weight excluding hydrogens is 220 g/mol. The Labute approximate surface area is 80.6 Å². The Bertz CT molecular complexity index is 419. The van der Waals surface area contributed by atoms with E-state index in [1.165, 1.54) is 0 Å². The first-order chi connectivity index (χ1) is 6.86. The molecule has 0 radical (unpaired) electrons. The Balaban J connectivity index is 3.42. The molecule has 0 aliphatic rings. The normalized spacial score (nSPS) is 12.6. The van der Waals surface area contributed by atoms with E-state index in [-0.39, 0.29) is 6.07 Å². The number of carboxylic acid groups (broad SMARTS) is 1. The molecule has 1 atom stereocenters. The van der Waals surface area contributed by atoms with Gasteiger partial charge in [0.15, 0.2) is 23.6 Å². The Morgan fingerprint density at radius 2 is 1.67 bits per heavy atom. The van der Waals surface area contributed by atoms with E-state index in [9.17, 15) is 22.4 Å². The molecule has 7 heteroatoms. The third kappa shape index (κ3) is 1.91.